The number of nitrogens with one attached hydrogen (secondary N) is 1. The van der Waals surface area contributed by atoms with Crippen LogP contribution in [0.4, 0.5) is 11.4 Å². The molecule has 0 fully saturated rings. The van der Waals surface area contributed by atoms with Crippen LogP contribution >= 0.6 is 0 Å². The first kappa shape index (κ1) is 16.9. The lowest BCUT2D eigenvalue weighted by Crippen LogP contribution is -2.30. The second-order valence-corrected chi connectivity index (χ2v) is 5.94. The monoisotopic (exact) mass is 312 g/mol. The normalized spacial score (nSPS) is 11.7. The molecule has 0 saturated carbocycles. The Balaban J connectivity index is 1.97. The molecule has 0 saturated heterocycles. The zero-order valence-electron chi connectivity index (χ0n) is 14.4. The Bertz CT molecular complexity index is 678. The maximum Gasteiger partial charge on any atom is 0.265 e. The average molecular weight is 312 g/mol. The minimum atomic E-state index is -0.564. The topological polar surface area (TPSA) is 41.6 Å². The van der Waals surface area contributed by atoms with Crippen LogP contribution in [0.25, 0.3) is 0 Å². The summed E-state index contributed by atoms with van der Waals surface area (Å²) in [7, 11) is 3.96. The summed E-state index contributed by atoms with van der Waals surface area (Å²) >= 11 is 0. The molecule has 1 unspecified atom stereocenters. The highest BCUT2D eigenvalue weighted by Crippen LogP contribution is 2.19. The van der Waals surface area contributed by atoms with Gasteiger partial charge in [-0.3, -0.25) is 4.79 Å². The zero-order valence-corrected chi connectivity index (χ0v) is 14.4. The van der Waals surface area contributed by atoms with Crippen LogP contribution < -0.4 is 15.0 Å². The molecule has 0 spiro atoms. The summed E-state index contributed by atoms with van der Waals surface area (Å²) in [5, 5.41) is 2.87. The van der Waals surface area contributed by atoms with Crippen LogP contribution in [0.1, 0.15) is 18.1 Å². The van der Waals surface area contributed by atoms with Gasteiger partial charge in [-0.2, -0.15) is 0 Å². The molecule has 1 N–H and O–H groups in total. The van der Waals surface area contributed by atoms with Crippen LogP contribution in [0.2, 0.25) is 0 Å². The van der Waals surface area contributed by atoms with E-state index in [-0.39, 0.29) is 5.91 Å². The molecular formula is C19H24N2O2. The van der Waals surface area contributed by atoms with Gasteiger partial charge in [0.05, 0.1) is 0 Å². The molecule has 0 aliphatic carbocycles. The van der Waals surface area contributed by atoms with E-state index >= 15 is 0 Å². The Labute approximate surface area is 138 Å². The van der Waals surface area contributed by atoms with Gasteiger partial charge in [0, 0.05) is 25.5 Å². The number of rotatable bonds is 5. The molecule has 0 aromatic heterocycles. The molecule has 1 atom stereocenters. The number of anilines is 2. The Kier molecular flexibility index (Phi) is 5.27. The van der Waals surface area contributed by atoms with Crippen molar-refractivity contribution in [2.45, 2.75) is 26.9 Å². The van der Waals surface area contributed by atoms with E-state index in [2.05, 4.69) is 5.32 Å². The van der Waals surface area contributed by atoms with Gasteiger partial charge >= 0.3 is 0 Å². The smallest absolute Gasteiger partial charge is 0.265 e. The van der Waals surface area contributed by atoms with Crippen molar-refractivity contribution in [3.63, 3.8) is 0 Å². The summed E-state index contributed by atoms with van der Waals surface area (Å²) in [6.07, 6.45) is -0.564. The number of carbonyl (C=O) groups excluding carboxylic acids is 1. The van der Waals surface area contributed by atoms with Crippen LogP contribution in [-0.4, -0.2) is 26.1 Å². The van der Waals surface area contributed by atoms with Crippen LogP contribution in [0, 0.1) is 13.8 Å². The van der Waals surface area contributed by atoms with Gasteiger partial charge in [0.25, 0.3) is 5.91 Å². The van der Waals surface area contributed by atoms with Gasteiger partial charge in [0.15, 0.2) is 6.10 Å². The lowest BCUT2D eigenvalue weighted by Gasteiger charge is -2.16. The van der Waals surface area contributed by atoms with Crippen molar-refractivity contribution in [3.8, 4) is 5.75 Å². The number of hydrogen-bond acceptors (Lipinski definition) is 3. The summed E-state index contributed by atoms with van der Waals surface area (Å²) in [4.78, 5) is 14.3. The largest absolute Gasteiger partial charge is 0.481 e. The van der Waals surface area contributed by atoms with E-state index in [0.717, 1.165) is 16.9 Å². The van der Waals surface area contributed by atoms with Crippen molar-refractivity contribution in [3.05, 3.63) is 53.6 Å². The van der Waals surface area contributed by atoms with E-state index in [1.807, 2.05) is 75.3 Å². The van der Waals surface area contributed by atoms with Gasteiger partial charge in [0.2, 0.25) is 0 Å². The fourth-order valence-corrected chi connectivity index (χ4v) is 2.13. The molecule has 2 aromatic rings. The fourth-order valence-electron chi connectivity index (χ4n) is 2.13. The lowest BCUT2D eigenvalue weighted by molar-refractivity contribution is -0.122. The summed E-state index contributed by atoms with van der Waals surface area (Å²) in [5.41, 5.74) is 4.20. The molecular weight excluding hydrogens is 288 g/mol. The maximum absolute atomic E-state index is 12.2. The van der Waals surface area contributed by atoms with Crippen molar-refractivity contribution in [2.24, 2.45) is 0 Å². The standard InChI is InChI=1S/C19H24N2O2/c1-13-6-11-18(12-14(13)2)23-15(3)19(22)20-16-7-9-17(10-8-16)21(4)5/h6-12,15H,1-5H3,(H,20,22). The van der Waals surface area contributed by atoms with Crippen molar-refractivity contribution < 1.29 is 9.53 Å². The zero-order chi connectivity index (χ0) is 17.0. The van der Waals surface area contributed by atoms with Gasteiger partial charge in [-0.25, -0.2) is 0 Å². The van der Waals surface area contributed by atoms with E-state index in [1.54, 1.807) is 6.92 Å². The molecule has 4 nitrogen and oxygen atoms in total. The van der Waals surface area contributed by atoms with E-state index in [4.69, 9.17) is 4.74 Å². The number of nitrogens with zero attached hydrogens (tertiary/aromatic N) is 1. The van der Waals surface area contributed by atoms with E-state index in [9.17, 15) is 4.79 Å². The highest BCUT2D eigenvalue weighted by molar-refractivity contribution is 5.94. The number of carbonyl (C=O) groups is 1. The quantitative estimate of drug-likeness (QED) is 0.913. The molecule has 4 heteroatoms. The molecule has 0 radical (unpaired) electrons. The highest BCUT2D eigenvalue weighted by atomic mass is 16.5. The number of hydrogen-bond donors (Lipinski definition) is 1. The van der Waals surface area contributed by atoms with Crippen molar-refractivity contribution in [2.75, 3.05) is 24.3 Å². The summed E-state index contributed by atoms with van der Waals surface area (Å²) in [6, 6.07) is 13.5. The Morgan fingerprint density at radius 3 is 2.26 bits per heavy atom. The van der Waals surface area contributed by atoms with Crippen LogP contribution in [0.5, 0.6) is 5.75 Å². The van der Waals surface area contributed by atoms with Gasteiger partial charge < -0.3 is 15.0 Å². The fraction of sp³-hybridized carbons (Fsp3) is 0.316. The Hall–Kier alpha value is -2.49. The number of aryl methyl sites for hydroxylation is 2. The summed E-state index contributed by atoms with van der Waals surface area (Å²) in [6.45, 7) is 5.82. The lowest BCUT2D eigenvalue weighted by atomic mass is 10.1. The third-order valence-corrected chi connectivity index (χ3v) is 3.81. The van der Waals surface area contributed by atoms with Gasteiger partial charge in [-0.05, 0) is 68.3 Å². The van der Waals surface area contributed by atoms with Crippen LogP contribution in [-0.2, 0) is 4.79 Å². The number of benzene rings is 2. The van der Waals surface area contributed by atoms with Crippen LogP contribution in [0.3, 0.4) is 0 Å². The van der Waals surface area contributed by atoms with Crippen molar-refractivity contribution in [1.82, 2.24) is 0 Å². The minimum Gasteiger partial charge on any atom is -0.481 e. The molecule has 0 bridgehead atoms. The third-order valence-electron chi connectivity index (χ3n) is 3.81. The van der Waals surface area contributed by atoms with Crippen LogP contribution in [0.15, 0.2) is 42.5 Å². The Morgan fingerprint density at radius 2 is 1.70 bits per heavy atom. The maximum atomic E-state index is 12.2. The van der Waals surface area contributed by atoms with Gasteiger partial charge in [0.1, 0.15) is 5.75 Å². The molecule has 122 valence electrons. The first-order chi connectivity index (χ1) is 10.9. The number of ether oxygens (including phenoxy) is 1. The highest BCUT2D eigenvalue weighted by Gasteiger charge is 2.15. The summed E-state index contributed by atoms with van der Waals surface area (Å²) in [5.74, 6) is 0.541. The van der Waals surface area contributed by atoms with Gasteiger partial charge in [-0.15, -0.1) is 0 Å². The first-order valence-corrected chi connectivity index (χ1v) is 7.69. The van der Waals surface area contributed by atoms with Crippen molar-refractivity contribution in [1.29, 1.82) is 0 Å². The van der Waals surface area contributed by atoms with Gasteiger partial charge in [-0.1, -0.05) is 6.07 Å². The molecule has 0 aliphatic heterocycles. The second kappa shape index (κ2) is 7.18. The second-order valence-electron chi connectivity index (χ2n) is 5.94. The SMILES string of the molecule is Cc1ccc(OC(C)C(=O)Nc2ccc(N(C)C)cc2)cc1C. The van der Waals surface area contributed by atoms with E-state index in [1.165, 1.54) is 5.56 Å². The molecule has 0 aliphatic rings. The third kappa shape index (κ3) is 4.49. The molecule has 1 amide bonds. The first-order valence-electron chi connectivity index (χ1n) is 7.69. The molecule has 0 heterocycles. The minimum absolute atomic E-state index is 0.166. The van der Waals surface area contributed by atoms with E-state index in [0.29, 0.717) is 5.75 Å². The molecule has 2 rings (SSSR count). The molecule has 2 aromatic carbocycles. The average Bonchev–Trinajstić information content (AvgIpc) is 2.51. The van der Waals surface area contributed by atoms with Crippen molar-refractivity contribution >= 4 is 17.3 Å². The van der Waals surface area contributed by atoms with E-state index < -0.39 is 6.10 Å². The molecule has 23 heavy (non-hydrogen) atoms. The Morgan fingerprint density at radius 1 is 1.04 bits per heavy atom. The summed E-state index contributed by atoms with van der Waals surface area (Å²) < 4.78 is 5.73. The predicted molar refractivity (Wildman–Crippen MR) is 95.4 cm³/mol. The predicted octanol–water partition coefficient (Wildman–Crippen LogP) is 3.78. The number of amides is 1.